The molecule has 0 radical (unpaired) electrons. The van der Waals surface area contributed by atoms with Gasteiger partial charge in [0.1, 0.15) is 6.33 Å². The standard InChI is InChI=1S/C31H32ClN9O4/c1-45-30(44)35-24-6-2-20(3-7-24)25-16-27(37-38-29(25)43)31(17-22(31)14-19-10-12-33-13-11-19)36-28(42)9-4-21-15-23(32)5-8-26(21)41-18-34-39-40-41/h2-9,15-16,18-19,22,33H,10-14,17H2,1H3,(H,35,44)(H,36,42)(H,38,43)/b9-4+/t22-,31?/m1/s1. The molecule has 1 saturated carbocycles. The van der Waals surface area contributed by atoms with E-state index in [9.17, 15) is 14.4 Å². The van der Waals surface area contributed by atoms with Crippen LogP contribution in [0.3, 0.4) is 0 Å². The molecular formula is C31H32ClN9O4. The van der Waals surface area contributed by atoms with Gasteiger partial charge in [-0.3, -0.25) is 14.9 Å². The van der Waals surface area contributed by atoms with Crippen LogP contribution >= 0.6 is 11.6 Å². The predicted octanol–water partition coefficient (Wildman–Crippen LogP) is 3.68. The van der Waals surface area contributed by atoms with Crippen LogP contribution in [0.1, 0.15) is 36.9 Å². The average molecular weight is 630 g/mol. The fourth-order valence-electron chi connectivity index (χ4n) is 5.98. The van der Waals surface area contributed by atoms with E-state index in [0.29, 0.717) is 51.1 Å². The normalized spacial score (nSPS) is 19.7. The summed E-state index contributed by atoms with van der Waals surface area (Å²) in [6.07, 6.45) is 7.79. The number of hydrogen-bond donors (Lipinski definition) is 4. The van der Waals surface area contributed by atoms with Gasteiger partial charge >= 0.3 is 6.09 Å². The minimum atomic E-state index is -0.745. The summed E-state index contributed by atoms with van der Waals surface area (Å²) in [4.78, 5) is 38.0. The zero-order valence-corrected chi connectivity index (χ0v) is 25.3. The average Bonchev–Trinajstić information content (AvgIpc) is 3.44. The van der Waals surface area contributed by atoms with Gasteiger partial charge in [0.25, 0.3) is 5.56 Å². The topological polar surface area (TPSA) is 169 Å². The third kappa shape index (κ3) is 6.79. The molecule has 4 N–H and O–H groups in total. The lowest BCUT2D eigenvalue weighted by molar-refractivity contribution is -0.117. The van der Waals surface area contributed by atoms with Crippen molar-refractivity contribution < 1.29 is 14.3 Å². The summed E-state index contributed by atoms with van der Waals surface area (Å²) in [5.74, 6) is 0.380. The summed E-state index contributed by atoms with van der Waals surface area (Å²) in [6.45, 7) is 1.95. The van der Waals surface area contributed by atoms with Crippen LogP contribution in [0.25, 0.3) is 22.9 Å². The second kappa shape index (κ2) is 13.0. The summed E-state index contributed by atoms with van der Waals surface area (Å²) < 4.78 is 6.14. The van der Waals surface area contributed by atoms with E-state index in [1.807, 2.05) is 0 Å². The number of amides is 2. The van der Waals surface area contributed by atoms with Gasteiger partial charge in [0.2, 0.25) is 5.91 Å². The Labute approximate surface area is 263 Å². The predicted molar refractivity (Wildman–Crippen MR) is 168 cm³/mol. The molecule has 1 aliphatic heterocycles. The van der Waals surface area contributed by atoms with E-state index in [0.717, 1.165) is 32.4 Å². The number of carbonyl (C=O) groups excluding carboxylic acids is 2. The third-order valence-corrected chi connectivity index (χ3v) is 8.65. The molecule has 1 saturated heterocycles. The molecule has 1 aliphatic carbocycles. The highest BCUT2D eigenvalue weighted by atomic mass is 35.5. The van der Waals surface area contributed by atoms with Crippen LogP contribution in [0.4, 0.5) is 10.5 Å². The summed E-state index contributed by atoms with van der Waals surface area (Å²) in [7, 11) is 1.29. The smallest absolute Gasteiger partial charge is 0.411 e. The molecule has 2 atom stereocenters. The largest absolute Gasteiger partial charge is 0.453 e. The Balaban J connectivity index is 1.28. The number of carbonyl (C=O) groups is 2. The Bertz CT molecular complexity index is 1770. The third-order valence-electron chi connectivity index (χ3n) is 8.42. The zero-order chi connectivity index (χ0) is 31.4. The monoisotopic (exact) mass is 629 g/mol. The summed E-state index contributed by atoms with van der Waals surface area (Å²) in [6, 6.07) is 13.8. The van der Waals surface area contributed by atoms with Crippen molar-refractivity contribution in [3.05, 3.63) is 87.6 Å². The Kier molecular flexibility index (Phi) is 8.71. The highest BCUT2D eigenvalue weighted by Crippen LogP contribution is 2.55. The molecule has 6 rings (SSSR count). The van der Waals surface area contributed by atoms with Crippen LogP contribution in [-0.2, 0) is 15.1 Å². The second-order valence-corrected chi connectivity index (χ2v) is 11.7. The lowest BCUT2D eigenvalue weighted by atomic mass is 9.90. The summed E-state index contributed by atoms with van der Waals surface area (Å²) >= 11 is 6.26. The Morgan fingerprint density at radius 3 is 2.69 bits per heavy atom. The first-order chi connectivity index (χ1) is 21.8. The molecule has 2 amide bonds. The van der Waals surface area contributed by atoms with Crippen molar-refractivity contribution in [3.63, 3.8) is 0 Å². The second-order valence-electron chi connectivity index (χ2n) is 11.3. The molecule has 2 aromatic carbocycles. The molecular weight excluding hydrogens is 598 g/mol. The first-order valence-corrected chi connectivity index (χ1v) is 15.0. The maximum absolute atomic E-state index is 13.5. The van der Waals surface area contributed by atoms with Gasteiger partial charge < -0.3 is 15.4 Å². The van der Waals surface area contributed by atoms with E-state index in [-0.39, 0.29) is 17.4 Å². The summed E-state index contributed by atoms with van der Waals surface area (Å²) in [5.41, 5.74) is 2.39. The SMILES string of the molecule is COC(=O)Nc1ccc(-c2cc(C3(NC(=O)/C=C/c4cc(Cl)ccc4-n4cnnn4)C[C@H]3CC3CCNCC3)n[nH]c2=O)cc1. The van der Waals surface area contributed by atoms with Gasteiger partial charge in [0, 0.05) is 22.3 Å². The van der Waals surface area contributed by atoms with Crippen LogP contribution in [0, 0.1) is 11.8 Å². The number of H-pyrrole nitrogens is 1. The number of hydrogen-bond acceptors (Lipinski definition) is 9. The number of benzene rings is 2. The molecule has 14 heteroatoms. The lowest BCUT2D eigenvalue weighted by Gasteiger charge is -2.25. The number of anilines is 1. The molecule has 2 fully saturated rings. The van der Waals surface area contributed by atoms with Gasteiger partial charge in [-0.25, -0.2) is 9.89 Å². The molecule has 232 valence electrons. The molecule has 0 bridgehead atoms. The Hall–Kier alpha value is -4.88. The lowest BCUT2D eigenvalue weighted by Crippen LogP contribution is -2.38. The van der Waals surface area contributed by atoms with Gasteiger partial charge in [-0.05, 0) is 109 Å². The first kappa shape index (κ1) is 30.2. The van der Waals surface area contributed by atoms with Crippen molar-refractivity contribution >= 4 is 35.4 Å². The van der Waals surface area contributed by atoms with Crippen molar-refractivity contribution in [2.24, 2.45) is 11.8 Å². The summed E-state index contributed by atoms with van der Waals surface area (Å²) in [5, 5.41) is 28.2. The van der Waals surface area contributed by atoms with Gasteiger partial charge in [0.15, 0.2) is 0 Å². The highest BCUT2D eigenvalue weighted by Gasteiger charge is 2.58. The molecule has 4 aromatic rings. The fourth-order valence-corrected chi connectivity index (χ4v) is 6.16. The number of piperidine rings is 1. The van der Waals surface area contributed by atoms with E-state index in [1.54, 1.807) is 54.6 Å². The van der Waals surface area contributed by atoms with Gasteiger partial charge in [-0.15, -0.1) is 5.10 Å². The molecule has 1 unspecified atom stereocenters. The van der Waals surface area contributed by atoms with E-state index in [2.05, 4.69) is 46.4 Å². The van der Waals surface area contributed by atoms with Crippen molar-refractivity contribution in [1.82, 2.24) is 41.0 Å². The first-order valence-electron chi connectivity index (χ1n) is 14.6. The molecule has 2 aliphatic rings. The number of rotatable bonds is 9. The molecule has 13 nitrogen and oxygen atoms in total. The van der Waals surface area contributed by atoms with Crippen molar-refractivity contribution in [2.75, 3.05) is 25.5 Å². The number of nitrogens with one attached hydrogen (secondary N) is 4. The minimum Gasteiger partial charge on any atom is -0.453 e. The van der Waals surface area contributed by atoms with Crippen LogP contribution in [0.5, 0.6) is 0 Å². The minimum absolute atomic E-state index is 0.152. The zero-order valence-electron chi connectivity index (χ0n) is 24.5. The number of aromatic amines is 1. The van der Waals surface area contributed by atoms with E-state index < -0.39 is 11.6 Å². The molecule has 0 spiro atoms. The molecule has 3 heterocycles. The van der Waals surface area contributed by atoms with Crippen molar-refractivity contribution in [1.29, 1.82) is 0 Å². The quantitative estimate of drug-likeness (QED) is 0.202. The number of aromatic nitrogens is 6. The Morgan fingerprint density at radius 2 is 1.96 bits per heavy atom. The van der Waals surface area contributed by atoms with Gasteiger partial charge in [-0.1, -0.05) is 23.7 Å². The van der Waals surface area contributed by atoms with E-state index >= 15 is 0 Å². The van der Waals surface area contributed by atoms with Crippen LogP contribution in [0.15, 0.2) is 65.7 Å². The van der Waals surface area contributed by atoms with E-state index in [4.69, 9.17) is 11.6 Å². The number of tetrazole rings is 1. The van der Waals surface area contributed by atoms with Crippen LogP contribution in [0.2, 0.25) is 5.02 Å². The number of methoxy groups -OCH3 is 1. The van der Waals surface area contributed by atoms with Gasteiger partial charge in [0.05, 0.1) is 29.6 Å². The van der Waals surface area contributed by atoms with Crippen LogP contribution < -0.4 is 21.5 Å². The highest BCUT2D eigenvalue weighted by molar-refractivity contribution is 6.30. The maximum atomic E-state index is 13.5. The van der Waals surface area contributed by atoms with Gasteiger partial charge in [-0.2, -0.15) is 9.78 Å². The fraction of sp³-hybridized carbons (Fsp3) is 0.323. The number of nitrogens with zero attached hydrogens (tertiary/aromatic N) is 5. The van der Waals surface area contributed by atoms with Crippen molar-refractivity contribution in [3.8, 4) is 16.8 Å². The Morgan fingerprint density at radius 1 is 1.16 bits per heavy atom. The molecule has 45 heavy (non-hydrogen) atoms. The number of ether oxygens (including phenoxy) is 1. The number of halogens is 1. The molecule has 2 aromatic heterocycles. The maximum Gasteiger partial charge on any atom is 0.411 e. The van der Waals surface area contributed by atoms with Crippen molar-refractivity contribution in [2.45, 2.75) is 31.2 Å². The van der Waals surface area contributed by atoms with Crippen LogP contribution in [-0.4, -0.2) is 62.6 Å². The van der Waals surface area contributed by atoms with E-state index in [1.165, 1.54) is 24.2 Å².